The van der Waals surface area contributed by atoms with E-state index in [1.165, 1.54) is 25.7 Å². The number of benzene rings is 1. The highest BCUT2D eigenvalue weighted by molar-refractivity contribution is 5.22. The number of hydrogen-bond acceptors (Lipinski definition) is 1. The van der Waals surface area contributed by atoms with Gasteiger partial charge in [-0.05, 0) is 55.4 Å². The lowest BCUT2D eigenvalue weighted by Crippen LogP contribution is -2.30. The van der Waals surface area contributed by atoms with Crippen LogP contribution in [-0.4, -0.2) is 5.11 Å². The van der Waals surface area contributed by atoms with E-state index >= 15 is 0 Å². The quantitative estimate of drug-likeness (QED) is 0.845. The molecule has 0 radical (unpaired) electrons. The van der Waals surface area contributed by atoms with Crippen LogP contribution in [0, 0.1) is 17.8 Å². The molecule has 0 aliphatic heterocycles. The standard InChI is InChI=1S/C17H24O/c1-2-17(18,16-6-4-3-5-7-16)12-15-11-13-8-9-14(15)10-13/h3-7,13-15,18H,2,8-12H2,1H3. The first-order chi connectivity index (χ1) is 8.71. The van der Waals surface area contributed by atoms with Gasteiger partial charge in [-0.3, -0.25) is 0 Å². The highest BCUT2D eigenvalue weighted by Crippen LogP contribution is 2.52. The van der Waals surface area contributed by atoms with Crippen molar-refractivity contribution in [2.24, 2.45) is 17.8 Å². The van der Waals surface area contributed by atoms with E-state index in [9.17, 15) is 5.11 Å². The summed E-state index contributed by atoms with van der Waals surface area (Å²) in [5, 5.41) is 11.0. The van der Waals surface area contributed by atoms with Crippen molar-refractivity contribution in [2.45, 2.75) is 51.0 Å². The molecule has 4 unspecified atom stereocenters. The van der Waals surface area contributed by atoms with Gasteiger partial charge in [0.05, 0.1) is 5.60 Å². The van der Waals surface area contributed by atoms with Crippen LogP contribution in [0.1, 0.15) is 51.0 Å². The van der Waals surface area contributed by atoms with Crippen LogP contribution in [0.4, 0.5) is 0 Å². The molecule has 4 atom stereocenters. The van der Waals surface area contributed by atoms with Crippen molar-refractivity contribution in [1.82, 2.24) is 0 Å². The van der Waals surface area contributed by atoms with E-state index in [0.717, 1.165) is 36.2 Å². The topological polar surface area (TPSA) is 20.2 Å². The van der Waals surface area contributed by atoms with E-state index in [1.807, 2.05) is 18.2 Å². The van der Waals surface area contributed by atoms with Gasteiger partial charge in [-0.15, -0.1) is 0 Å². The maximum atomic E-state index is 11.0. The summed E-state index contributed by atoms with van der Waals surface area (Å²) >= 11 is 0. The van der Waals surface area contributed by atoms with Crippen LogP contribution in [0.3, 0.4) is 0 Å². The van der Waals surface area contributed by atoms with Crippen LogP contribution in [-0.2, 0) is 5.60 Å². The lowest BCUT2D eigenvalue weighted by molar-refractivity contribution is -0.00133. The lowest BCUT2D eigenvalue weighted by atomic mass is 9.76. The Morgan fingerprint density at radius 1 is 1.17 bits per heavy atom. The third-order valence-corrected chi connectivity index (χ3v) is 5.38. The van der Waals surface area contributed by atoms with Gasteiger partial charge in [0.1, 0.15) is 0 Å². The van der Waals surface area contributed by atoms with Gasteiger partial charge in [-0.2, -0.15) is 0 Å². The Kier molecular flexibility index (Phi) is 3.19. The molecule has 0 amide bonds. The number of fused-ring (bicyclic) bond motifs is 2. The number of rotatable bonds is 4. The minimum Gasteiger partial charge on any atom is -0.385 e. The molecular formula is C17H24O. The second-order valence-corrected chi connectivity index (χ2v) is 6.39. The summed E-state index contributed by atoms with van der Waals surface area (Å²) in [5.41, 5.74) is 0.506. The minimum atomic E-state index is -0.601. The fourth-order valence-corrected chi connectivity index (χ4v) is 4.27. The molecule has 1 N–H and O–H groups in total. The first kappa shape index (κ1) is 12.2. The molecule has 1 aromatic rings. The monoisotopic (exact) mass is 244 g/mol. The van der Waals surface area contributed by atoms with E-state index in [-0.39, 0.29) is 0 Å². The molecule has 18 heavy (non-hydrogen) atoms. The Morgan fingerprint density at radius 2 is 1.94 bits per heavy atom. The highest BCUT2D eigenvalue weighted by atomic mass is 16.3. The van der Waals surface area contributed by atoms with E-state index in [2.05, 4.69) is 19.1 Å². The Hall–Kier alpha value is -0.820. The zero-order valence-electron chi connectivity index (χ0n) is 11.3. The SMILES string of the molecule is CCC(O)(CC1CC2CCC1C2)c1ccccc1. The number of aliphatic hydroxyl groups is 1. The summed E-state index contributed by atoms with van der Waals surface area (Å²) in [6.45, 7) is 2.11. The summed E-state index contributed by atoms with van der Waals surface area (Å²) < 4.78 is 0. The molecule has 2 fully saturated rings. The zero-order valence-corrected chi connectivity index (χ0v) is 11.3. The predicted molar refractivity (Wildman–Crippen MR) is 74.2 cm³/mol. The molecule has 3 rings (SSSR count). The summed E-state index contributed by atoms with van der Waals surface area (Å²) in [4.78, 5) is 0. The van der Waals surface area contributed by atoms with Crippen LogP contribution >= 0.6 is 0 Å². The summed E-state index contributed by atoms with van der Waals surface area (Å²) in [6, 6.07) is 10.3. The van der Waals surface area contributed by atoms with Crippen LogP contribution < -0.4 is 0 Å². The molecule has 98 valence electrons. The Bertz CT molecular complexity index is 399. The highest BCUT2D eigenvalue weighted by Gasteiger charge is 2.43. The maximum Gasteiger partial charge on any atom is 0.0896 e. The third-order valence-electron chi connectivity index (χ3n) is 5.38. The third kappa shape index (κ3) is 2.09. The Balaban J connectivity index is 1.76. The van der Waals surface area contributed by atoms with Crippen molar-refractivity contribution in [3.05, 3.63) is 35.9 Å². The first-order valence-electron chi connectivity index (χ1n) is 7.49. The number of hydrogen-bond donors (Lipinski definition) is 1. The van der Waals surface area contributed by atoms with Gasteiger partial charge in [-0.1, -0.05) is 43.7 Å². The van der Waals surface area contributed by atoms with Gasteiger partial charge < -0.3 is 5.11 Å². The fourth-order valence-electron chi connectivity index (χ4n) is 4.27. The maximum absolute atomic E-state index is 11.0. The van der Waals surface area contributed by atoms with Crippen molar-refractivity contribution in [1.29, 1.82) is 0 Å². The van der Waals surface area contributed by atoms with Crippen LogP contribution in [0.5, 0.6) is 0 Å². The molecule has 1 aromatic carbocycles. The summed E-state index contributed by atoms with van der Waals surface area (Å²) in [7, 11) is 0. The smallest absolute Gasteiger partial charge is 0.0896 e. The van der Waals surface area contributed by atoms with Crippen molar-refractivity contribution >= 4 is 0 Å². The summed E-state index contributed by atoms with van der Waals surface area (Å²) in [6.07, 6.45) is 7.43. The molecule has 2 aliphatic rings. The second-order valence-electron chi connectivity index (χ2n) is 6.39. The Morgan fingerprint density at radius 3 is 2.50 bits per heavy atom. The van der Waals surface area contributed by atoms with Gasteiger partial charge in [0.25, 0.3) is 0 Å². The average molecular weight is 244 g/mol. The van der Waals surface area contributed by atoms with Gasteiger partial charge in [-0.25, -0.2) is 0 Å². The van der Waals surface area contributed by atoms with Gasteiger partial charge in [0.15, 0.2) is 0 Å². The first-order valence-corrected chi connectivity index (χ1v) is 7.49. The van der Waals surface area contributed by atoms with Crippen molar-refractivity contribution < 1.29 is 5.11 Å². The molecule has 0 spiro atoms. The minimum absolute atomic E-state index is 0.601. The lowest BCUT2D eigenvalue weighted by Gasteiger charge is -2.33. The van der Waals surface area contributed by atoms with E-state index < -0.39 is 5.60 Å². The van der Waals surface area contributed by atoms with Crippen molar-refractivity contribution in [3.8, 4) is 0 Å². The van der Waals surface area contributed by atoms with Gasteiger partial charge in [0, 0.05) is 0 Å². The zero-order chi connectivity index (χ0) is 12.6. The largest absolute Gasteiger partial charge is 0.385 e. The van der Waals surface area contributed by atoms with E-state index in [1.54, 1.807) is 0 Å². The van der Waals surface area contributed by atoms with E-state index in [0.29, 0.717) is 0 Å². The normalized spacial score (nSPS) is 33.6. The molecule has 0 aromatic heterocycles. The van der Waals surface area contributed by atoms with Crippen molar-refractivity contribution in [2.75, 3.05) is 0 Å². The molecule has 0 heterocycles. The van der Waals surface area contributed by atoms with Gasteiger partial charge in [0.2, 0.25) is 0 Å². The fraction of sp³-hybridized carbons (Fsp3) is 0.647. The molecule has 0 saturated heterocycles. The van der Waals surface area contributed by atoms with Gasteiger partial charge >= 0.3 is 0 Å². The molecule has 2 bridgehead atoms. The molecular weight excluding hydrogens is 220 g/mol. The molecule has 2 aliphatic carbocycles. The van der Waals surface area contributed by atoms with Crippen LogP contribution in [0.2, 0.25) is 0 Å². The second kappa shape index (κ2) is 4.70. The Labute approximate surface area is 110 Å². The van der Waals surface area contributed by atoms with E-state index in [4.69, 9.17) is 0 Å². The predicted octanol–water partition coefficient (Wildman–Crippen LogP) is 4.11. The molecule has 2 saturated carbocycles. The van der Waals surface area contributed by atoms with Crippen molar-refractivity contribution in [3.63, 3.8) is 0 Å². The molecule has 1 heteroatoms. The van der Waals surface area contributed by atoms with Crippen LogP contribution in [0.25, 0.3) is 0 Å². The summed E-state index contributed by atoms with van der Waals surface area (Å²) in [5.74, 6) is 2.63. The average Bonchev–Trinajstić information content (AvgIpc) is 3.02. The molecule has 1 nitrogen and oxygen atoms in total. The van der Waals surface area contributed by atoms with Crippen LogP contribution in [0.15, 0.2) is 30.3 Å².